The zero-order chi connectivity index (χ0) is 14.6. The summed E-state index contributed by atoms with van der Waals surface area (Å²) >= 11 is 0. The monoisotopic (exact) mass is 277 g/mol. The average molecular weight is 277 g/mol. The summed E-state index contributed by atoms with van der Waals surface area (Å²) in [7, 11) is 1.80. The zero-order valence-electron chi connectivity index (χ0n) is 12.5. The molecule has 1 aliphatic rings. The van der Waals surface area contributed by atoms with Crippen molar-refractivity contribution in [3.63, 3.8) is 0 Å². The first-order valence-electron chi connectivity index (χ1n) is 7.18. The van der Waals surface area contributed by atoms with Crippen LogP contribution in [0.25, 0.3) is 0 Å². The van der Waals surface area contributed by atoms with Crippen LogP contribution in [0.1, 0.15) is 32.3 Å². The Kier molecular flexibility index (Phi) is 4.78. The molecule has 1 heterocycles. The molecule has 0 radical (unpaired) electrons. The van der Waals surface area contributed by atoms with Gasteiger partial charge >= 0.3 is 5.97 Å². The minimum atomic E-state index is -0.669. The molecule has 0 bridgehead atoms. The first-order chi connectivity index (χ1) is 9.56. The molecule has 1 aromatic carbocycles. The molecular formula is C16H23NO3. The predicted molar refractivity (Wildman–Crippen MR) is 77.1 cm³/mol. The van der Waals surface area contributed by atoms with E-state index in [0.29, 0.717) is 13.0 Å². The van der Waals surface area contributed by atoms with Gasteiger partial charge in [0.2, 0.25) is 0 Å². The van der Waals surface area contributed by atoms with E-state index in [-0.39, 0.29) is 12.1 Å². The Morgan fingerprint density at radius 3 is 2.80 bits per heavy atom. The van der Waals surface area contributed by atoms with Gasteiger partial charge in [-0.15, -0.1) is 0 Å². The number of carbonyl (C=O) groups is 1. The van der Waals surface area contributed by atoms with Crippen molar-refractivity contribution < 1.29 is 14.4 Å². The third-order valence-electron chi connectivity index (χ3n) is 3.94. The molecule has 4 heteroatoms. The Hall–Kier alpha value is -1.39. The lowest BCUT2D eigenvalue weighted by molar-refractivity contribution is -0.189. The Morgan fingerprint density at radius 2 is 2.15 bits per heavy atom. The highest BCUT2D eigenvalue weighted by Gasteiger charge is 2.48. The molecule has 1 aliphatic heterocycles. The van der Waals surface area contributed by atoms with E-state index in [1.54, 1.807) is 12.1 Å². The summed E-state index contributed by atoms with van der Waals surface area (Å²) in [6.07, 6.45) is 2.60. The van der Waals surface area contributed by atoms with E-state index in [1.807, 2.05) is 32.0 Å². The Morgan fingerprint density at radius 1 is 1.45 bits per heavy atom. The van der Waals surface area contributed by atoms with E-state index in [9.17, 15) is 4.79 Å². The molecule has 0 N–H and O–H groups in total. The van der Waals surface area contributed by atoms with Crippen LogP contribution in [0.2, 0.25) is 0 Å². The third-order valence-corrected chi connectivity index (χ3v) is 3.94. The van der Waals surface area contributed by atoms with Crippen molar-refractivity contribution in [1.29, 1.82) is 0 Å². The number of carbonyl (C=O) groups excluding carboxylic acids is 1. The molecule has 2 rings (SSSR count). The van der Waals surface area contributed by atoms with Crippen LogP contribution in [0.5, 0.6) is 0 Å². The van der Waals surface area contributed by atoms with Gasteiger partial charge in [-0.3, -0.25) is 4.84 Å². The lowest BCUT2D eigenvalue weighted by atomic mass is 9.93. The number of ether oxygens (including phenoxy) is 1. The molecule has 110 valence electrons. The van der Waals surface area contributed by atoms with E-state index >= 15 is 0 Å². The summed E-state index contributed by atoms with van der Waals surface area (Å²) in [5.74, 6) is -0.204. The van der Waals surface area contributed by atoms with Gasteiger partial charge in [0.1, 0.15) is 5.54 Å². The van der Waals surface area contributed by atoms with Crippen LogP contribution >= 0.6 is 0 Å². The third kappa shape index (κ3) is 3.19. The second-order valence-corrected chi connectivity index (χ2v) is 5.45. The summed E-state index contributed by atoms with van der Waals surface area (Å²) in [6.45, 7) is 4.11. The summed E-state index contributed by atoms with van der Waals surface area (Å²) in [5, 5.41) is 1.65. The van der Waals surface area contributed by atoms with Crippen LogP contribution < -0.4 is 0 Å². The predicted octanol–water partition coefficient (Wildman–Crippen LogP) is 2.58. The molecule has 0 amide bonds. The van der Waals surface area contributed by atoms with Gasteiger partial charge in [0.25, 0.3) is 0 Å². The van der Waals surface area contributed by atoms with Crippen LogP contribution in [0.3, 0.4) is 0 Å². The fourth-order valence-electron chi connectivity index (χ4n) is 2.57. The molecular weight excluding hydrogens is 254 g/mol. The highest BCUT2D eigenvalue weighted by Crippen LogP contribution is 2.33. The minimum Gasteiger partial charge on any atom is -0.465 e. The zero-order valence-corrected chi connectivity index (χ0v) is 12.5. The van der Waals surface area contributed by atoms with Gasteiger partial charge in [0.05, 0.1) is 12.7 Å². The number of aryl methyl sites for hydroxylation is 1. The smallest absolute Gasteiger partial charge is 0.328 e. The molecule has 0 aliphatic carbocycles. The highest BCUT2D eigenvalue weighted by atomic mass is 16.7. The van der Waals surface area contributed by atoms with Crippen molar-refractivity contribution in [2.24, 2.45) is 0 Å². The highest BCUT2D eigenvalue weighted by molar-refractivity contribution is 5.80. The molecule has 1 saturated heterocycles. The SMILES string of the molecule is CCOC(=O)C1(C)CC(CCc2ccccc2)ON1C. The molecule has 0 saturated carbocycles. The van der Waals surface area contributed by atoms with E-state index in [2.05, 4.69) is 12.1 Å². The van der Waals surface area contributed by atoms with Crippen LogP contribution in [0.15, 0.2) is 30.3 Å². The fraction of sp³-hybridized carbons (Fsp3) is 0.562. The second-order valence-electron chi connectivity index (χ2n) is 5.45. The van der Waals surface area contributed by atoms with Crippen LogP contribution in [0.4, 0.5) is 0 Å². The first kappa shape index (κ1) is 15.0. The summed E-state index contributed by atoms with van der Waals surface area (Å²) in [4.78, 5) is 17.9. The molecule has 2 atom stereocenters. The van der Waals surface area contributed by atoms with Crippen molar-refractivity contribution in [2.45, 2.75) is 44.8 Å². The van der Waals surface area contributed by atoms with Crippen molar-refractivity contribution in [2.75, 3.05) is 13.7 Å². The molecule has 4 nitrogen and oxygen atoms in total. The Bertz CT molecular complexity index is 448. The first-order valence-corrected chi connectivity index (χ1v) is 7.18. The van der Waals surface area contributed by atoms with Gasteiger partial charge in [-0.2, -0.15) is 5.06 Å². The molecule has 20 heavy (non-hydrogen) atoms. The van der Waals surface area contributed by atoms with Gasteiger partial charge in [-0.1, -0.05) is 30.3 Å². The number of hydrogen-bond donors (Lipinski definition) is 0. The topological polar surface area (TPSA) is 38.8 Å². The number of esters is 1. The maximum atomic E-state index is 12.1. The van der Waals surface area contributed by atoms with Crippen molar-refractivity contribution >= 4 is 5.97 Å². The van der Waals surface area contributed by atoms with Gasteiger partial charge < -0.3 is 4.74 Å². The van der Waals surface area contributed by atoms with E-state index in [0.717, 1.165) is 12.8 Å². The maximum absolute atomic E-state index is 12.1. The number of nitrogens with zero attached hydrogens (tertiary/aromatic N) is 1. The van der Waals surface area contributed by atoms with E-state index in [1.165, 1.54) is 5.56 Å². The lowest BCUT2D eigenvalue weighted by Gasteiger charge is -2.26. The second kappa shape index (κ2) is 6.37. The minimum absolute atomic E-state index is 0.0645. The summed E-state index contributed by atoms with van der Waals surface area (Å²) in [5.41, 5.74) is 0.626. The molecule has 0 spiro atoms. The molecule has 1 aromatic rings. The number of rotatable bonds is 5. The van der Waals surface area contributed by atoms with Crippen LogP contribution in [-0.4, -0.2) is 36.3 Å². The Labute approximate surface area is 120 Å². The van der Waals surface area contributed by atoms with Gasteiger partial charge in [-0.25, -0.2) is 4.79 Å². The molecule has 1 fully saturated rings. The van der Waals surface area contributed by atoms with E-state index < -0.39 is 5.54 Å². The van der Waals surface area contributed by atoms with Crippen molar-refractivity contribution in [1.82, 2.24) is 5.06 Å². The van der Waals surface area contributed by atoms with E-state index in [4.69, 9.17) is 9.57 Å². The quantitative estimate of drug-likeness (QED) is 0.775. The maximum Gasteiger partial charge on any atom is 0.328 e. The van der Waals surface area contributed by atoms with Crippen molar-refractivity contribution in [3.8, 4) is 0 Å². The molecule has 0 aromatic heterocycles. The number of hydrogen-bond acceptors (Lipinski definition) is 4. The van der Waals surface area contributed by atoms with Crippen LogP contribution in [0, 0.1) is 0 Å². The van der Waals surface area contributed by atoms with Gasteiger partial charge in [-0.05, 0) is 32.3 Å². The Balaban J connectivity index is 1.92. The van der Waals surface area contributed by atoms with Crippen molar-refractivity contribution in [3.05, 3.63) is 35.9 Å². The largest absolute Gasteiger partial charge is 0.465 e. The average Bonchev–Trinajstić information content (AvgIpc) is 2.75. The standard InChI is InChI=1S/C16H23NO3/c1-4-19-15(18)16(2)12-14(20-17(16)3)11-10-13-8-6-5-7-9-13/h5-9,14H,4,10-12H2,1-3H3. The van der Waals surface area contributed by atoms with Gasteiger partial charge in [0.15, 0.2) is 0 Å². The van der Waals surface area contributed by atoms with Crippen LogP contribution in [-0.2, 0) is 20.8 Å². The number of likely N-dealkylation sites (N-methyl/N-ethyl adjacent to an activating group) is 1. The van der Waals surface area contributed by atoms with Gasteiger partial charge in [0, 0.05) is 13.5 Å². The summed E-state index contributed by atoms with van der Waals surface area (Å²) < 4.78 is 5.15. The number of hydroxylamine groups is 2. The lowest BCUT2D eigenvalue weighted by Crippen LogP contribution is -2.46. The fourth-order valence-corrected chi connectivity index (χ4v) is 2.57. The molecule has 2 unspecified atom stereocenters. The summed E-state index contributed by atoms with van der Waals surface area (Å²) in [6, 6.07) is 10.3. The normalized spacial score (nSPS) is 26.6. The number of benzene rings is 1.